The summed E-state index contributed by atoms with van der Waals surface area (Å²) in [5.41, 5.74) is 1.26. The van der Waals surface area contributed by atoms with Gasteiger partial charge in [-0.2, -0.15) is 0 Å². The standard InChI is InChI=1S/C17H26BrNO/c1-3-10-19-13(2)16-9-8-15(18)11-17(16)20-12-14-6-4-5-7-14/h8-9,11,13-14,19H,3-7,10,12H2,1-2H3. The molecule has 0 aliphatic heterocycles. The molecule has 2 rings (SSSR count). The second kappa shape index (κ2) is 8.04. The van der Waals surface area contributed by atoms with Crippen LogP contribution in [0.2, 0.25) is 0 Å². The van der Waals surface area contributed by atoms with Crippen molar-refractivity contribution in [2.24, 2.45) is 5.92 Å². The van der Waals surface area contributed by atoms with Crippen molar-refractivity contribution in [2.75, 3.05) is 13.2 Å². The number of benzene rings is 1. The van der Waals surface area contributed by atoms with Gasteiger partial charge in [-0.3, -0.25) is 0 Å². The lowest BCUT2D eigenvalue weighted by Crippen LogP contribution is -2.20. The molecule has 1 saturated carbocycles. The van der Waals surface area contributed by atoms with Gasteiger partial charge < -0.3 is 10.1 Å². The highest BCUT2D eigenvalue weighted by molar-refractivity contribution is 9.10. The molecule has 0 heterocycles. The Bertz CT molecular complexity index is 415. The van der Waals surface area contributed by atoms with Crippen molar-refractivity contribution in [3.8, 4) is 5.75 Å². The molecule has 1 aromatic rings. The molecule has 0 radical (unpaired) electrons. The molecule has 20 heavy (non-hydrogen) atoms. The fraction of sp³-hybridized carbons (Fsp3) is 0.647. The van der Waals surface area contributed by atoms with Crippen LogP contribution in [-0.4, -0.2) is 13.2 Å². The summed E-state index contributed by atoms with van der Waals surface area (Å²) >= 11 is 3.55. The first-order valence-corrected chi connectivity index (χ1v) is 8.65. The Labute approximate surface area is 131 Å². The predicted molar refractivity (Wildman–Crippen MR) is 88.3 cm³/mol. The van der Waals surface area contributed by atoms with Crippen molar-refractivity contribution in [2.45, 2.75) is 52.0 Å². The maximum Gasteiger partial charge on any atom is 0.125 e. The van der Waals surface area contributed by atoms with E-state index in [1.165, 1.54) is 31.2 Å². The molecule has 0 bridgehead atoms. The van der Waals surface area contributed by atoms with Gasteiger partial charge in [0, 0.05) is 16.1 Å². The van der Waals surface area contributed by atoms with E-state index in [4.69, 9.17) is 4.74 Å². The first-order valence-electron chi connectivity index (χ1n) is 7.86. The molecule has 0 amide bonds. The summed E-state index contributed by atoms with van der Waals surface area (Å²) in [5, 5.41) is 3.54. The zero-order chi connectivity index (χ0) is 14.4. The second-order valence-corrected chi connectivity index (χ2v) is 6.74. The summed E-state index contributed by atoms with van der Waals surface area (Å²) in [4.78, 5) is 0. The third kappa shape index (κ3) is 4.49. The fourth-order valence-corrected chi connectivity index (χ4v) is 3.19. The lowest BCUT2D eigenvalue weighted by atomic mass is 10.1. The van der Waals surface area contributed by atoms with E-state index in [0.717, 1.165) is 35.7 Å². The maximum absolute atomic E-state index is 6.13. The molecular formula is C17H26BrNO. The van der Waals surface area contributed by atoms with Crippen LogP contribution >= 0.6 is 15.9 Å². The zero-order valence-corrected chi connectivity index (χ0v) is 14.2. The molecule has 0 spiro atoms. The second-order valence-electron chi connectivity index (χ2n) is 5.82. The van der Waals surface area contributed by atoms with Gasteiger partial charge in [-0.15, -0.1) is 0 Å². The van der Waals surface area contributed by atoms with Gasteiger partial charge in [0.15, 0.2) is 0 Å². The molecule has 0 saturated heterocycles. The van der Waals surface area contributed by atoms with Crippen molar-refractivity contribution in [3.05, 3.63) is 28.2 Å². The minimum atomic E-state index is 0.335. The average Bonchev–Trinajstić information content (AvgIpc) is 2.96. The van der Waals surface area contributed by atoms with E-state index in [-0.39, 0.29) is 0 Å². The third-order valence-electron chi connectivity index (χ3n) is 4.09. The van der Waals surface area contributed by atoms with Crippen molar-refractivity contribution < 1.29 is 4.74 Å². The van der Waals surface area contributed by atoms with Gasteiger partial charge in [-0.05, 0) is 50.8 Å². The number of halogens is 1. The molecule has 1 aliphatic rings. The van der Waals surface area contributed by atoms with Crippen LogP contribution in [0.3, 0.4) is 0 Å². The zero-order valence-electron chi connectivity index (χ0n) is 12.6. The van der Waals surface area contributed by atoms with Gasteiger partial charge >= 0.3 is 0 Å². The highest BCUT2D eigenvalue weighted by Gasteiger charge is 2.17. The van der Waals surface area contributed by atoms with Gasteiger partial charge in [-0.25, -0.2) is 0 Å². The number of hydrogen-bond donors (Lipinski definition) is 1. The molecule has 1 unspecified atom stereocenters. The summed E-state index contributed by atoms with van der Waals surface area (Å²) in [6, 6.07) is 6.71. The molecule has 1 aliphatic carbocycles. The van der Waals surface area contributed by atoms with Crippen molar-refractivity contribution in [1.82, 2.24) is 5.32 Å². The molecule has 1 fully saturated rings. The smallest absolute Gasteiger partial charge is 0.125 e. The molecule has 3 heteroatoms. The van der Waals surface area contributed by atoms with E-state index >= 15 is 0 Å². The SMILES string of the molecule is CCCNC(C)c1ccc(Br)cc1OCC1CCCC1. The number of nitrogens with one attached hydrogen (secondary N) is 1. The summed E-state index contributed by atoms with van der Waals surface area (Å²) in [7, 11) is 0. The maximum atomic E-state index is 6.13. The van der Waals surface area contributed by atoms with E-state index in [1.807, 2.05) is 0 Å². The highest BCUT2D eigenvalue weighted by Crippen LogP contribution is 2.31. The Morgan fingerprint density at radius 3 is 2.80 bits per heavy atom. The van der Waals surface area contributed by atoms with Crippen LogP contribution in [0.4, 0.5) is 0 Å². The van der Waals surface area contributed by atoms with E-state index in [0.29, 0.717) is 6.04 Å². The molecule has 1 atom stereocenters. The quantitative estimate of drug-likeness (QED) is 0.747. The summed E-state index contributed by atoms with van der Waals surface area (Å²) in [5.74, 6) is 1.78. The average molecular weight is 340 g/mol. The lowest BCUT2D eigenvalue weighted by Gasteiger charge is -2.20. The Kier molecular flexibility index (Phi) is 6.37. The summed E-state index contributed by atoms with van der Waals surface area (Å²) in [6.07, 6.45) is 6.54. The Morgan fingerprint density at radius 2 is 2.10 bits per heavy atom. The van der Waals surface area contributed by atoms with E-state index in [9.17, 15) is 0 Å². The van der Waals surface area contributed by atoms with Crippen LogP contribution in [0, 0.1) is 5.92 Å². The van der Waals surface area contributed by atoms with E-state index < -0.39 is 0 Å². The molecule has 2 nitrogen and oxygen atoms in total. The summed E-state index contributed by atoms with van der Waals surface area (Å²) < 4.78 is 7.22. The number of ether oxygens (including phenoxy) is 1. The van der Waals surface area contributed by atoms with Crippen LogP contribution in [0.5, 0.6) is 5.75 Å². The normalized spacial score (nSPS) is 17.4. The monoisotopic (exact) mass is 339 g/mol. The van der Waals surface area contributed by atoms with Crippen LogP contribution in [0.25, 0.3) is 0 Å². The first-order chi connectivity index (χ1) is 9.70. The van der Waals surface area contributed by atoms with Crippen LogP contribution in [0.15, 0.2) is 22.7 Å². The summed E-state index contributed by atoms with van der Waals surface area (Å²) in [6.45, 7) is 6.31. The van der Waals surface area contributed by atoms with Crippen LogP contribution in [-0.2, 0) is 0 Å². The van der Waals surface area contributed by atoms with Gasteiger partial charge in [0.2, 0.25) is 0 Å². The van der Waals surface area contributed by atoms with Crippen LogP contribution in [0.1, 0.15) is 57.6 Å². The minimum Gasteiger partial charge on any atom is -0.493 e. The van der Waals surface area contributed by atoms with Gasteiger partial charge in [-0.1, -0.05) is 41.8 Å². The fourth-order valence-electron chi connectivity index (χ4n) is 2.85. The Balaban J connectivity index is 2.02. The Morgan fingerprint density at radius 1 is 1.35 bits per heavy atom. The molecule has 1 aromatic carbocycles. The van der Waals surface area contributed by atoms with Crippen molar-refractivity contribution in [1.29, 1.82) is 0 Å². The first kappa shape index (κ1) is 15.8. The minimum absolute atomic E-state index is 0.335. The number of hydrogen-bond acceptors (Lipinski definition) is 2. The lowest BCUT2D eigenvalue weighted by molar-refractivity contribution is 0.248. The van der Waals surface area contributed by atoms with Gasteiger partial charge in [0.25, 0.3) is 0 Å². The molecule has 1 N–H and O–H groups in total. The van der Waals surface area contributed by atoms with Crippen molar-refractivity contribution >= 4 is 15.9 Å². The Hall–Kier alpha value is -0.540. The predicted octanol–water partition coefficient (Wildman–Crippen LogP) is 5.08. The number of rotatable bonds is 7. The van der Waals surface area contributed by atoms with Crippen LogP contribution < -0.4 is 10.1 Å². The van der Waals surface area contributed by atoms with E-state index in [2.05, 4.69) is 53.3 Å². The largest absolute Gasteiger partial charge is 0.493 e. The van der Waals surface area contributed by atoms with Gasteiger partial charge in [0.05, 0.1) is 6.61 Å². The van der Waals surface area contributed by atoms with Gasteiger partial charge in [0.1, 0.15) is 5.75 Å². The molecule has 112 valence electrons. The molecule has 0 aromatic heterocycles. The third-order valence-corrected chi connectivity index (χ3v) is 4.59. The van der Waals surface area contributed by atoms with E-state index in [1.54, 1.807) is 0 Å². The molecular weight excluding hydrogens is 314 g/mol. The topological polar surface area (TPSA) is 21.3 Å². The highest BCUT2D eigenvalue weighted by atomic mass is 79.9. The van der Waals surface area contributed by atoms with Crippen molar-refractivity contribution in [3.63, 3.8) is 0 Å².